The van der Waals surface area contributed by atoms with Gasteiger partial charge in [0.1, 0.15) is 6.04 Å². The Labute approximate surface area is 174 Å². The van der Waals surface area contributed by atoms with Crippen molar-refractivity contribution in [3.05, 3.63) is 35.8 Å². The summed E-state index contributed by atoms with van der Waals surface area (Å²) < 4.78 is 80.6. The number of pyridine rings is 1. The van der Waals surface area contributed by atoms with Crippen molar-refractivity contribution in [2.45, 2.75) is 63.5 Å². The van der Waals surface area contributed by atoms with Gasteiger partial charge in [0.05, 0.1) is 11.1 Å². The number of amides is 1. The van der Waals surface area contributed by atoms with Crippen molar-refractivity contribution in [2.75, 3.05) is 0 Å². The predicted octanol–water partition coefficient (Wildman–Crippen LogP) is 4.56. The number of benzene rings is 1. The number of carbonyl (C=O) groups excluding carboxylic acids is 1. The average Bonchev–Trinajstić information content (AvgIpc) is 2.68. The lowest BCUT2D eigenvalue weighted by Crippen LogP contribution is -2.48. The molecule has 0 spiro atoms. The highest BCUT2D eigenvalue weighted by atomic mass is 19.4. The Hall–Kier alpha value is -2.56. The third-order valence-electron chi connectivity index (χ3n) is 5.25. The summed E-state index contributed by atoms with van der Waals surface area (Å²) in [6.45, 7) is -2.11. The van der Waals surface area contributed by atoms with Gasteiger partial charge in [-0.3, -0.25) is 9.78 Å². The smallest absolute Gasteiger partial charge is 0.403 e. The Morgan fingerprint density at radius 3 is 2.39 bits per heavy atom. The van der Waals surface area contributed by atoms with Crippen LogP contribution in [-0.2, 0) is 0 Å². The van der Waals surface area contributed by atoms with E-state index in [-0.39, 0.29) is 28.6 Å². The van der Waals surface area contributed by atoms with E-state index in [1.807, 2.05) is 0 Å². The second kappa shape index (κ2) is 9.29. The molecule has 0 aliphatic heterocycles. The molecule has 31 heavy (non-hydrogen) atoms. The lowest BCUT2D eigenvalue weighted by Gasteiger charge is -2.32. The average molecular weight is 449 g/mol. The number of rotatable bonds is 6. The molecule has 1 aliphatic carbocycles. The van der Waals surface area contributed by atoms with Gasteiger partial charge in [0.25, 0.3) is 5.91 Å². The van der Waals surface area contributed by atoms with E-state index in [9.17, 15) is 31.1 Å². The molecule has 1 heterocycles. The molecule has 2 N–H and O–H groups in total. The van der Waals surface area contributed by atoms with Crippen molar-refractivity contribution in [1.29, 1.82) is 0 Å². The number of nitrogens with zero attached hydrogens (tertiary/aromatic N) is 1. The van der Waals surface area contributed by atoms with Crippen molar-refractivity contribution in [3.63, 3.8) is 0 Å². The number of halogens is 6. The van der Waals surface area contributed by atoms with Gasteiger partial charge in [-0.25, -0.2) is 4.39 Å². The second-order valence-electron chi connectivity index (χ2n) is 7.53. The Morgan fingerprint density at radius 2 is 1.77 bits per heavy atom. The topological polar surface area (TPSA) is 63.2 Å². The van der Waals surface area contributed by atoms with Crippen LogP contribution in [0, 0.1) is 5.82 Å². The summed E-state index contributed by atoms with van der Waals surface area (Å²) in [5, 5.41) is 5.61. The summed E-state index contributed by atoms with van der Waals surface area (Å²) >= 11 is 0. The third-order valence-corrected chi connectivity index (χ3v) is 5.25. The zero-order valence-corrected chi connectivity index (χ0v) is 16.5. The van der Waals surface area contributed by atoms with E-state index in [1.54, 1.807) is 0 Å². The van der Waals surface area contributed by atoms with Crippen LogP contribution in [0.4, 0.5) is 26.3 Å². The molecule has 0 radical (unpaired) electrons. The molecule has 1 atom stereocenters. The fourth-order valence-electron chi connectivity index (χ4n) is 3.56. The first-order valence-corrected chi connectivity index (χ1v) is 9.70. The Kier molecular flexibility index (Phi) is 6.93. The highest BCUT2D eigenvalue weighted by molar-refractivity contribution is 5.97. The first kappa shape index (κ1) is 23.1. The molecule has 0 saturated heterocycles. The first-order valence-electron chi connectivity index (χ1n) is 9.70. The molecule has 1 fully saturated rings. The fourth-order valence-corrected chi connectivity index (χ4v) is 3.56. The molecule has 1 amide bonds. The molecule has 3 rings (SSSR count). The zero-order valence-electron chi connectivity index (χ0n) is 16.5. The SMILES string of the molecule is CC(NC1CCC(NC(=O)c2cnc3cc(OC(F)F)c(F)cc3c2)CC1)C(F)(F)F. The molecule has 1 unspecified atom stereocenters. The van der Waals surface area contributed by atoms with Gasteiger partial charge in [0.2, 0.25) is 0 Å². The molecule has 1 aromatic carbocycles. The van der Waals surface area contributed by atoms with Crippen LogP contribution in [0.1, 0.15) is 43.0 Å². The van der Waals surface area contributed by atoms with E-state index < -0.39 is 36.3 Å². The summed E-state index contributed by atoms with van der Waals surface area (Å²) in [5.41, 5.74) is 0.333. The van der Waals surface area contributed by atoms with E-state index in [0.717, 1.165) is 19.1 Å². The number of alkyl halides is 5. The maximum Gasteiger partial charge on any atom is 0.403 e. The van der Waals surface area contributed by atoms with Gasteiger partial charge in [0.15, 0.2) is 11.6 Å². The third kappa shape index (κ3) is 5.99. The highest BCUT2D eigenvalue weighted by Gasteiger charge is 2.37. The largest absolute Gasteiger partial charge is 0.432 e. The lowest BCUT2D eigenvalue weighted by atomic mass is 9.90. The minimum Gasteiger partial charge on any atom is -0.432 e. The van der Waals surface area contributed by atoms with Crippen LogP contribution in [0.25, 0.3) is 10.9 Å². The predicted molar refractivity (Wildman–Crippen MR) is 100 cm³/mol. The normalized spacial score (nSPS) is 20.6. The van der Waals surface area contributed by atoms with E-state index in [2.05, 4.69) is 20.4 Å². The number of aromatic nitrogens is 1. The van der Waals surface area contributed by atoms with Gasteiger partial charge in [-0.2, -0.15) is 22.0 Å². The minimum absolute atomic E-state index is 0.153. The molecule has 1 saturated carbocycles. The Bertz CT molecular complexity index is 929. The zero-order chi connectivity index (χ0) is 22.8. The summed E-state index contributed by atoms with van der Waals surface area (Å²) in [6.07, 6.45) is -1.07. The number of fused-ring (bicyclic) bond motifs is 1. The minimum atomic E-state index is -4.31. The maximum absolute atomic E-state index is 13.9. The second-order valence-corrected chi connectivity index (χ2v) is 7.53. The molecular formula is C20H21F6N3O2. The van der Waals surface area contributed by atoms with Gasteiger partial charge < -0.3 is 15.4 Å². The van der Waals surface area contributed by atoms with E-state index in [1.165, 1.54) is 12.3 Å². The summed E-state index contributed by atoms with van der Waals surface area (Å²) in [6, 6.07) is 1.27. The van der Waals surface area contributed by atoms with Crippen LogP contribution in [0.15, 0.2) is 24.4 Å². The van der Waals surface area contributed by atoms with Gasteiger partial charge in [0, 0.05) is 29.7 Å². The maximum atomic E-state index is 13.9. The van der Waals surface area contributed by atoms with Crippen molar-refractivity contribution in [1.82, 2.24) is 15.6 Å². The van der Waals surface area contributed by atoms with Crippen molar-refractivity contribution in [3.8, 4) is 5.75 Å². The van der Waals surface area contributed by atoms with Crippen LogP contribution in [-0.4, -0.2) is 41.8 Å². The van der Waals surface area contributed by atoms with Crippen LogP contribution in [0.3, 0.4) is 0 Å². The molecule has 1 aliphatic rings. The lowest BCUT2D eigenvalue weighted by molar-refractivity contribution is -0.153. The van der Waals surface area contributed by atoms with Crippen LogP contribution >= 0.6 is 0 Å². The quantitative estimate of drug-likeness (QED) is 0.635. The molecule has 0 bridgehead atoms. The highest BCUT2D eigenvalue weighted by Crippen LogP contribution is 2.27. The standard InChI is InChI=1S/C20H21F6N3O2/c1-10(20(24,25)26)28-13-2-4-14(5-3-13)29-18(30)12-6-11-7-15(21)17(31-19(22)23)8-16(11)27-9-12/h6-10,13-14,19,28H,2-5H2,1H3,(H,29,30). The number of nitrogens with one attached hydrogen (secondary N) is 2. The van der Waals surface area contributed by atoms with E-state index in [0.29, 0.717) is 25.7 Å². The Balaban J connectivity index is 1.59. The van der Waals surface area contributed by atoms with Crippen LogP contribution in [0.5, 0.6) is 5.75 Å². The fraction of sp³-hybridized carbons (Fsp3) is 0.500. The Morgan fingerprint density at radius 1 is 1.13 bits per heavy atom. The van der Waals surface area contributed by atoms with Gasteiger partial charge >= 0.3 is 12.8 Å². The molecule has 5 nitrogen and oxygen atoms in total. The molecule has 11 heteroatoms. The van der Waals surface area contributed by atoms with Gasteiger partial charge in [-0.1, -0.05) is 0 Å². The van der Waals surface area contributed by atoms with E-state index in [4.69, 9.17) is 0 Å². The summed E-state index contributed by atoms with van der Waals surface area (Å²) in [7, 11) is 0. The van der Waals surface area contributed by atoms with E-state index >= 15 is 0 Å². The summed E-state index contributed by atoms with van der Waals surface area (Å²) in [4.78, 5) is 16.5. The van der Waals surface area contributed by atoms with Crippen molar-refractivity contribution >= 4 is 16.8 Å². The molecule has 1 aromatic heterocycles. The molecule has 170 valence electrons. The molecular weight excluding hydrogens is 428 g/mol. The van der Waals surface area contributed by atoms with Gasteiger partial charge in [-0.15, -0.1) is 0 Å². The number of carbonyl (C=O) groups is 1. The van der Waals surface area contributed by atoms with Gasteiger partial charge in [-0.05, 0) is 44.7 Å². The number of hydrogen-bond acceptors (Lipinski definition) is 4. The number of ether oxygens (including phenoxy) is 1. The summed E-state index contributed by atoms with van der Waals surface area (Å²) in [5.74, 6) is -2.11. The van der Waals surface area contributed by atoms with Crippen molar-refractivity contribution in [2.24, 2.45) is 0 Å². The molecule has 2 aromatic rings. The van der Waals surface area contributed by atoms with Crippen LogP contribution < -0.4 is 15.4 Å². The van der Waals surface area contributed by atoms with Crippen LogP contribution in [0.2, 0.25) is 0 Å². The number of hydrogen-bond donors (Lipinski definition) is 2. The monoisotopic (exact) mass is 449 g/mol. The first-order chi connectivity index (χ1) is 14.5. The van der Waals surface area contributed by atoms with Crippen molar-refractivity contribution < 1.29 is 35.9 Å².